The Morgan fingerprint density at radius 3 is 2.21 bits per heavy atom. The molecule has 86 valence electrons. The number of rotatable bonds is 7. The van der Waals surface area contributed by atoms with Crippen LogP contribution >= 0.6 is 0 Å². The number of hydrogen-bond donors (Lipinski definition) is 1. The lowest BCUT2D eigenvalue weighted by Gasteiger charge is -2.36. The molecule has 0 aromatic carbocycles. The second-order valence-electron chi connectivity index (χ2n) is 4.87. The van der Waals surface area contributed by atoms with Gasteiger partial charge >= 0.3 is 0 Å². The molecule has 0 saturated carbocycles. The third-order valence-electron chi connectivity index (χ3n) is 3.22. The Hall–Kier alpha value is -0.0800. The molecule has 0 heterocycles. The minimum atomic E-state index is 0.347. The normalized spacial score (nSPS) is 14.8. The summed E-state index contributed by atoms with van der Waals surface area (Å²) in [6.45, 7) is 15.0. The third-order valence-corrected chi connectivity index (χ3v) is 3.22. The van der Waals surface area contributed by atoms with Gasteiger partial charge in [0.05, 0.1) is 0 Å². The van der Waals surface area contributed by atoms with Gasteiger partial charge in [-0.25, -0.2) is 0 Å². The summed E-state index contributed by atoms with van der Waals surface area (Å²) in [5, 5.41) is 3.35. The molecular weight excluding hydrogens is 172 g/mol. The first kappa shape index (κ1) is 13.9. The molecule has 14 heavy (non-hydrogen) atoms. The van der Waals surface area contributed by atoms with Crippen molar-refractivity contribution in [3.05, 3.63) is 0 Å². The summed E-state index contributed by atoms with van der Waals surface area (Å²) in [5.41, 5.74) is 0.347. The van der Waals surface area contributed by atoms with Crippen LogP contribution in [0.15, 0.2) is 0 Å². The molecule has 0 aromatic rings. The predicted octanol–water partition coefficient (Wildman–Crippen LogP) is 2.35. The van der Waals surface area contributed by atoms with Gasteiger partial charge in [-0.2, -0.15) is 0 Å². The van der Waals surface area contributed by atoms with Crippen molar-refractivity contribution in [2.24, 2.45) is 5.41 Å². The highest BCUT2D eigenvalue weighted by molar-refractivity contribution is 4.82. The van der Waals surface area contributed by atoms with Crippen LogP contribution in [0, 0.1) is 5.41 Å². The number of hydrogen-bond acceptors (Lipinski definition) is 2. The van der Waals surface area contributed by atoms with Crippen LogP contribution in [-0.2, 0) is 0 Å². The maximum absolute atomic E-state index is 3.35. The second kappa shape index (κ2) is 6.41. The quantitative estimate of drug-likeness (QED) is 0.678. The molecular formula is C12H28N2. The molecule has 0 fully saturated rings. The van der Waals surface area contributed by atoms with Gasteiger partial charge < -0.3 is 10.2 Å². The molecule has 0 aliphatic rings. The van der Waals surface area contributed by atoms with Crippen LogP contribution in [0.4, 0.5) is 0 Å². The first-order chi connectivity index (χ1) is 6.47. The van der Waals surface area contributed by atoms with Crippen LogP contribution in [0.2, 0.25) is 0 Å². The zero-order valence-corrected chi connectivity index (χ0v) is 10.9. The summed E-state index contributed by atoms with van der Waals surface area (Å²) in [5.74, 6) is 0. The van der Waals surface area contributed by atoms with Crippen LogP contribution < -0.4 is 5.32 Å². The zero-order chi connectivity index (χ0) is 11.2. The lowest BCUT2D eigenvalue weighted by atomic mass is 9.85. The van der Waals surface area contributed by atoms with Crippen molar-refractivity contribution in [2.75, 3.05) is 26.7 Å². The largest absolute Gasteiger partial charge is 0.317 e. The van der Waals surface area contributed by atoms with Gasteiger partial charge in [0, 0.05) is 12.6 Å². The second-order valence-corrected chi connectivity index (χ2v) is 4.87. The molecule has 1 N–H and O–H groups in total. The summed E-state index contributed by atoms with van der Waals surface area (Å²) < 4.78 is 0. The fourth-order valence-corrected chi connectivity index (χ4v) is 1.77. The Morgan fingerprint density at radius 1 is 1.29 bits per heavy atom. The van der Waals surface area contributed by atoms with Gasteiger partial charge in [-0.3, -0.25) is 0 Å². The lowest BCUT2D eigenvalue weighted by Crippen LogP contribution is -2.45. The van der Waals surface area contributed by atoms with Crippen molar-refractivity contribution in [1.29, 1.82) is 0 Å². The van der Waals surface area contributed by atoms with Crippen LogP contribution in [0.25, 0.3) is 0 Å². The topological polar surface area (TPSA) is 15.3 Å². The van der Waals surface area contributed by atoms with Crippen molar-refractivity contribution < 1.29 is 0 Å². The van der Waals surface area contributed by atoms with Crippen molar-refractivity contribution in [2.45, 2.75) is 47.1 Å². The lowest BCUT2D eigenvalue weighted by molar-refractivity contribution is 0.151. The van der Waals surface area contributed by atoms with E-state index in [2.05, 4.69) is 44.8 Å². The summed E-state index contributed by atoms with van der Waals surface area (Å²) in [6.07, 6.45) is 1.25. The number of nitrogens with one attached hydrogen (secondary N) is 1. The van der Waals surface area contributed by atoms with Gasteiger partial charge in [0.15, 0.2) is 0 Å². The Morgan fingerprint density at radius 2 is 1.86 bits per heavy atom. The van der Waals surface area contributed by atoms with E-state index in [1.165, 1.54) is 19.5 Å². The van der Waals surface area contributed by atoms with E-state index in [-0.39, 0.29) is 0 Å². The van der Waals surface area contributed by atoms with E-state index in [0.29, 0.717) is 11.5 Å². The molecule has 0 spiro atoms. The van der Waals surface area contributed by atoms with Gasteiger partial charge in [-0.1, -0.05) is 27.7 Å². The van der Waals surface area contributed by atoms with Gasteiger partial charge in [0.25, 0.3) is 0 Å². The van der Waals surface area contributed by atoms with Gasteiger partial charge in [0.2, 0.25) is 0 Å². The van der Waals surface area contributed by atoms with E-state index in [1.54, 1.807) is 0 Å². The third kappa shape index (κ3) is 4.43. The van der Waals surface area contributed by atoms with E-state index in [4.69, 9.17) is 0 Å². The molecule has 0 bridgehead atoms. The van der Waals surface area contributed by atoms with Gasteiger partial charge in [-0.15, -0.1) is 0 Å². The Labute approximate surface area is 90.1 Å². The van der Waals surface area contributed by atoms with Crippen molar-refractivity contribution in [1.82, 2.24) is 10.2 Å². The van der Waals surface area contributed by atoms with E-state index in [0.717, 1.165) is 6.54 Å². The summed E-state index contributed by atoms with van der Waals surface area (Å²) in [6, 6.07) is 0.563. The van der Waals surface area contributed by atoms with Crippen LogP contribution in [0.3, 0.4) is 0 Å². The SMILES string of the molecule is CCCN(CC)CC(C)(C)C(C)NC. The molecule has 0 rings (SSSR count). The van der Waals surface area contributed by atoms with Crippen molar-refractivity contribution in [3.63, 3.8) is 0 Å². The molecule has 0 aromatic heterocycles. The first-order valence-electron chi connectivity index (χ1n) is 5.87. The molecule has 0 aliphatic heterocycles. The summed E-state index contributed by atoms with van der Waals surface area (Å²) in [7, 11) is 2.04. The maximum atomic E-state index is 3.35. The van der Waals surface area contributed by atoms with Crippen LogP contribution in [-0.4, -0.2) is 37.6 Å². The fourth-order valence-electron chi connectivity index (χ4n) is 1.77. The smallest absolute Gasteiger partial charge is 0.00991 e. The van der Waals surface area contributed by atoms with Gasteiger partial charge in [-0.05, 0) is 38.9 Å². The zero-order valence-electron chi connectivity index (χ0n) is 10.9. The van der Waals surface area contributed by atoms with E-state index in [9.17, 15) is 0 Å². The molecule has 0 saturated heterocycles. The molecule has 0 amide bonds. The fraction of sp³-hybridized carbons (Fsp3) is 1.00. The highest BCUT2D eigenvalue weighted by Crippen LogP contribution is 2.21. The van der Waals surface area contributed by atoms with Crippen molar-refractivity contribution in [3.8, 4) is 0 Å². The van der Waals surface area contributed by atoms with Gasteiger partial charge in [0.1, 0.15) is 0 Å². The highest BCUT2D eigenvalue weighted by atomic mass is 15.1. The predicted molar refractivity (Wildman–Crippen MR) is 64.7 cm³/mol. The summed E-state index contributed by atoms with van der Waals surface area (Å²) in [4.78, 5) is 2.54. The minimum Gasteiger partial charge on any atom is -0.317 e. The standard InChI is InChI=1S/C12H28N2/c1-7-9-14(8-2)10-12(4,5)11(3)13-6/h11,13H,7-10H2,1-6H3. The Bertz CT molecular complexity index is 143. The van der Waals surface area contributed by atoms with Crippen LogP contribution in [0.5, 0.6) is 0 Å². The maximum Gasteiger partial charge on any atom is 0.00991 e. The first-order valence-corrected chi connectivity index (χ1v) is 5.87. The molecule has 0 aliphatic carbocycles. The molecule has 1 unspecified atom stereocenters. The average Bonchev–Trinajstić information content (AvgIpc) is 2.15. The number of nitrogens with zero attached hydrogens (tertiary/aromatic N) is 1. The molecule has 1 atom stereocenters. The van der Waals surface area contributed by atoms with E-state index >= 15 is 0 Å². The minimum absolute atomic E-state index is 0.347. The Kier molecular flexibility index (Phi) is 6.38. The van der Waals surface area contributed by atoms with E-state index in [1.807, 2.05) is 7.05 Å². The molecule has 0 radical (unpaired) electrons. The molecule has 2 nitrogen and oxygen atoms in total. The summed E-state index contributed by atoms with van der Waals surface area (Å²) >= 11 is 0. The van der Waals surface area contributed by atoms with Crippen LogP contribution in [0.1, 0.15) is 41.0 Å². The van der Waals surface area contributed by atoms with Crippen molar-refractivity contribution >= 4 is 0 Å². The van der Waals surface area contributed by atoms with E-state index < -0.39 is 0 Å². The highest BCUT2D eigenvalue weighted by Gasteiger charge is 2.26. The molecule has 2 heteroatoms. The Balaban J connectivity index is 4.16. The average molecular weight is 200 g/mol. The monoisotopic (exact) mass is 200 g/mol.